The van der Waals surface area contributed by atoms with Crippen molar-refractivity contribution < 1.29 is 4.79 Å². The lowest BCUT2D eigenvalue weighted by Gasteiger charge is -2.38. The van der Waals surface area contributed by atoms with E-state index in [1.54, 1.807) is 0 Å². The van der Waals surface area contributed by atoms with Crippen molar-refractivity contribution in [2.45, 2.75) is 45.1 Å². The Labute approximate surface area is 103 Å². The average Bonchev–Trinajstić information content (AvgIpc) is 2.78. The van der Waals surface area contributed by atoms with Gasteiger partial charge in [0, 0.05) is 17.6 Å². The molecule has 0 aromatic heterocycles. The second-order valence-corrected chi connectivity index (χ2v) is 5.50. The van der Waals surface area contributed by atoms with Gasteiger partial charge in [0.05, 0.1) is 0 Å². The molecule has 90 valence electrons. The van der Waals surface area contributed by atoms with Crippen molar-refractivity contribution in [1.82, 2.24) is 0 Å². The number of nitrogens with zero attached hydrogens (tertiary/aromatic N) is 1. The first-order chi connectivity index (χ1) is 8.20. The first-order valence-corrected chi connectivity index (χ1v) is 6.62. The summed E-state index contributed by atoms with van der Waals surface area (Å²) in [5.41, 5.74) is 2.54. The van der Waals surface area contributed by atoms with E-state index in [9.17, 15) is 4.79 Å². The smallest absolute Gasteiger partial charge is 0.230 e. The highest BCUT2D eigenvalue weighted by Gasteiger charge is 2.43. The summed E-state index contributed by atoms with van der Waals surface area (Å²) in [6, 6.07) is 8.70. The molecule has 0 radical (unpaired) electrons. The van der Waals surface area contributed by atoms with E-state index in [1.807, 2.05) is 11.0 Å². The molecule has 17 heavy (non-hydrogen) atoms. The first-order valence-electron chi connectivity index (χ1n) is 6.62. The number of hydrogen-bond donors (Lipinski definition) is 0. The van der Waals surface area contributed by atoms with Gasteiger partial charge in [-0.3, -0.25) is 4.79 Å². The second-order valence-electron chi connectivity index (χ2n) is 5.50. The minimum Gasteiger partial charge on any atom is -0.309 e. The monoisotopic (exact) mass is 229 g/mol. The normalized spacial score (nSPS) is 27.2. The fraction of sp³-hybridized carbons (Fsp3) is 0.533. The lowest BCUT2D eigenvalue weighted by atomic mass is 9.82. The number of fused-ring (bicyclic) bond motifs is 3. The van der Waals surface area contributed by atoms with Crippen molar-refractivity contribution >= 4 is 11.6 Å². The molecule has 0 spiro atoms. The number of carbonyl (C=O) groups excluding carboxylic acids is 1. The maximum Gasteiger partial charge on any atom is 0.230 e. The number of benzene rings is 1. The van der Waals surface area contributed by atoms with Crippen LogP contribution in [0.1, 0.15) is 44.6 Å². The molecule has 1 aromatic rings. The standard InChI is InChI=1S/C15H19NO/c1-10(2)16-14-9-4-3-6-12(14)11-7-5-8-13(11)15(16)17/h3-4,6,9-11,13H,5,7-8H2,1-2H3. The lowest BCUT2D eigenvalue weighted by Crippen LogP contribution is -2.45. The largest absolute Gasteiger partial charge is 0.309 e. The van der Waals surface area contributed by atoms with E-state index in [0.717, 1.165) is 12.1 Å². The molecule has 1 amide bonds. The van der Waals surface area contributed by atoms with Crippen LogP contribution in [-0.2, 0) is 4.79 Å². The molecule has 2 atom stereocenters. The summed E-state index contributed by atoms with van der Waals surface area (Å²) in [5, 5.41) is 0. The van der Waals surface area contributed by atoms with Crippen LogP contribution in [0.25, 0.3) is 0 Å². The third-order valence-corrected chi connectivity index (χ3v) is 4.18. The Hall–Kier alpha value is -1.31. The molecule has 0 N–H and O–H groups in total. The number of amides is 1. The molecule has 1 aromatic carbocycles. The van der Waals surface area contributed by atoms with Crippen LogP contribution in [-0.4, -0.2) is 11.9 Å². The summed E-state index contributed by atoms with van der Waals surface area (Å²) in [4.78, 5) is 14.5. The number of anilines is 1. The molecule has 1 aliphatic carbocycles. The lowest BCUT2D eigenvalue weighted by molar-refractivity contribution is -0.123. The SMILES string of the molecule is CC(C)N1C(=O)C2CCCC2c2ccccc21. The number of carbonyl (C=O) groups is 1. The van der Waals surface area contributed by atoms with Crippen molar-refractivity contribution in [3.8, 4) is 0 Å². The average molecular weight is 229 g/mol. The van der Waals surface area contributed by atoms with Gasteiger partial charge in [0.15, 0.2) is 0 Å². The third-order valence-electron chi connectivity index (χ3n) is 4.18. The van der Waals surface area contributed by atoms with E-state index >= 15 is 0 Å². The molecule has 2 aliphatic rings. The number of hydrogen-bond acceptors (Lipinski definition) is 1. The molecule has 3 rings (SSSR count). The van der Waals surface area contributed by atoms with Crippen molar-refractivity contribution in [3.63, 3.8) is 0 Å². The van der Waals surface area contributed by atoms with Crippen LogP contribution >= 0.6 is 0 Å². The Morgan fingerprint density at radius 1 is 1.18 bits per heavy atom. The van der Waals surface area contributed by atoms with Crippen LogP contribution in [0.15, 0.2) is 24.3 Å². The van der Waals surface area contributed by atoms with Gasteiger partial charge in [-0.1, -0.05) is 24.6 Å². The molecule has 1 fully saturated rings. The molecule has 0 saturated heterocycles. The highest BCUT2D eigenvalue weighted by molar-refractivity contribution is 5.99. The first kappa shape index (κ1) is 10.8. The van der Waals surface area contributed by atoms with E-state index in [-0.39, 0.29) is 12.0 Å². The Bertz CT molecular complexity index is 452. The van der Waals surface area contributed by atoms with Crippen LogP contribution < -0.4 is 4.90 Å². The van der Waals surface area contributed by atoms with Crippen LogP contribution in [0.2, 0.25) is 0 Å². The van der Waals surface area contributed by atoms with Gasteiger partial charge in [0.2, 0.25) is 5.91 Å². The highest BCUT2D eigenvalue weighted by atomic mass is 16.2. The van der Waals surface area contributed by atoms with E-state index in [4.69, 9.17) is 0 Å². The number of rotatable bonds is 1. The Kier molecular flexibility index (Phi) is 2.46. The molecule has 0 bridgehead atoms. The van der Waals surface area contributed by atoms with Crippen LogP contribution in [0.3, 0.4) is 0 Å². The van der Waals surface area contributed by atoms with Gasteiger partial charge in [0.1, 0.15) is 0 Å². The second kappa shape index (κ2) is 3.86. The Balaban J connectivity index is 2.14. The Morgan fingerprint density at radius 3 is 2.65 bits per heavy atom. The van der Waals surface area contributed by atoms with E-state index in [0.29, 0.717) is 11.8 Å². The molecule has 1 saturated carbocycles. The molecule has 2 nitrogen and oxygen atoms in total. The fourth-order valence-corrected chi connectivity index (χ4v) is 3.48. The van der Waals surface area contributed by atoms with Crippen molar-refractivity contribution in [2.24, 2.45) is 5.92 Å². The molecule has 2 unspecified atom stereocenters. The zero-order valence-corrected chi connectivity index (χ0v) is 10.5. The predicted octanol–water partition coefficient (Wildman–Crippen LogP) is 3.33. The minimum atomic E-state index is 0.243. The zero-order valence-electron chi connectivity index (χ0n) is 10.5. The van der Waals surface area contributed by atoms with Gasteiger partial charge in [0.25, 0.3) is 0 Å². The van der Waals surface area contributed by atoms with Crippen molar-refractivity contribution in [2.75, 3.05) is 4.90 Å². The predicted molar refractivity (Wildman–Crippen MR) is 69.1 cm³/mol. The fourth-order valence-electron chi connectivity index (χ4n) is 3.48. The van der Waals surface area contributed by atoms with Crippen LogP contribution in [0.4, 0.5) is 5.69 Å². The summed E-state index contributed by atoms with van der Waals surface area (Å²) in [6.45, 7) is 4.20. The zero-order chi connectivity index (χ0) is 12.0. The van der Waals surface area contributed by atoms with Crippen LogP contribution in [0.5, 0.6) is 0 Å². The van der Waals surface area contributed by atoms with Gasteiger partial charge in [-0.25, -0.2) is 0 Å². The van der Waals surface area contributed by atoms with Gasteiger partial charge >= 0.3 is 0 Å². The van der Waals surface area contributed by atoms with Gasteiger partial charge < -0.3 is 4.90 Å². The molecule has 1 heterocycles. The molecular formula is C15H19NO. The minimum absolute atomic E-state index is 0.243. The van der Waals surface area contributed by atoms with Gasteiger partial charge in [-0.05, 0) is 44.2 Å². The summed E-state index contributed by atoms with van der Waals surface area (Å²) >= 11 is 0. The van der Waals surface area contributed by atoms with Gasteiger partial charge in [-0.15, -0.1) is 0 Å². The van der Waals surface area contributed by atoms with E-state index < -0.39 is 0 Å². The molecule has 1 aliphatic heterocycles. The summed E-state index contributed by atoms with van der Waals surface area (Å²) in [7, 11) is 0. The third kappa shape index (κ3) is 1.50. The molecule has 2 heteroatoms. The van der Waals surface area contributed by atoms with Crippen LogP contribution in [0, 0.1) is 5.92 Å². The summed E-state index contributed by atoms with van der Waals surface area (Å²) in [5.74, 6) is 1.07. The maximum absolute atomic E-state index is 12.5. The topological polar surface area (TPSA) is 20.3 Å². The van der Waals surface area contributed by atoms with E-state index in [1.165, 1.54) is 18.4 Å². The highest BCUT2D eigenvalue weighted by Crippen LogP contribution is 2.48. The van der Waals surface area contributed by atoms with Crippen molar-refractivity contribution in [1.29, 1.82) is 0 Å². The van der Waals surface area contributed by atoms with Crippen molar-refractivity contribution in [3.05, 3.63) is 29.8 Å². The summed E-state index contributed by atoms with van der Waals surface area (Å²) < 4.78 is 0. The number of para-hydroxylation sites is 1. The van der Waals surface area contributed by atoms with Gasteiger partial charge in [-0.2, -0.15) is 0 Å². The summed E-state index contributed by atoms with van der Waals surface area (Å²) in [6.07, 6.45) is 3.45. The Morgan fingerprint density at radius 2 is 1.88 bits per heavy atom. The maximum atomic E-state index is 12.5. The van der Waals surface area contributed by atoms with E-state index in [2.05, 4.69) is 32.0 Å². The molecular weight excluding hydrogens is 210 g/mol. The quantitative estimate of drug-likeness (QED) is 0.723.